The van der Waals surface area contributed by atoms with Crippen molar-refractivity contribution in [3.05, 3.63) is 53.6 Å². The SMILES string of the molecule is COc1ccc([C@@]2(CCOS(C)(=O)=O)CCCN(C(=O)Cc3cccc(OC(C)C)c3)C2)cc1OC. The third-order valence-corrected chi connectivity index (χ3v) is 7.02. The number of likely N-dealkylation sites (tertiary alicyclic amines) is 1. The summed E-state index contributed by atoms with van der Waals surface area (Å²) in [5.41, 5.74) is 1.36. The molecule has 2 aromatic carbocycles. The molecule has 1 heterocycles. The van der Waals surface area contributed by atoms with Gasteiger partial charge < -0.3 is 19.1 Å². The van der Waals surface area contributed by atoms with Crippen LogP contribution in [0.1, 0.15) is 44.2 Å². The van der Waals surface area contributed by atoms with Crippen LogP contribution in [0.3, 0.4) is 0 Å². The zero-order valence-corrected chi connectivity index (χ0v) is 22.6. The molecule has 0 unspecified atom stereocenters. The van der Waals surface area contributed by atoms with Gasteiger partial charge in [-0.3, -0.25) is 8.98 Å². The van der Waals surface area contributed by atoms with Crippen LogP contribution in [-0.2, 0) is 30.9 Å². The Morgan fingerprint density at radius 1 is 1.08 bits per heavy atom. The summed E-state index contributed by atoms with van der Waals surface area (Å²) < 4.78 is 45.1. The molecule has 1 saturated heterocycles. The van der Waals surface area contributed by atoms with Gasteiger partial charge in [0.05, 0.1) is 39.6 Å². The molecule has 8 nitrogen and oxygen atoms in total. The Morgan fingerprint density at radius 2 is 1.83 bits per heavy atom. The van der Waals surface area contributed by atoms with E-state index >= 15 is 0 Å². The average molecular weight is 520 g/mol. The van der Waals surface area contributed by atoms with Gasteiger partial charge in [0.15, 0.2) is 11.5 Å². The average Bonchev–Trinajstić information content (AvgIpc) is 2.82. The monoisotopic (exact) mass is 519 g/mol. The first-order valence-electron chi connectivity index (χ1n) is 12.2. The second kappa shape index (κ2) is 12.0. The molecular formula is C27H37NO7S. The third kappa shape index (κ3) is 7.36. The van der Waals surface area contributed by atoms with Gasteiger partial charge in [-0.25, -0.2) is 0 Å². The summed E-state index contributed by atoms with van der Waals surface area (Å²) in [5, 5.41) is 0. The number of methoxy groups -OCH3 is 2. The molecule has 9 heteroatoms. The summed E-state index contributed by atoms with van der Waals surface area (Å²) in [6.07, 6.45) is 3.37. The van der Waals surface area contributed by atoms with Gasteiger partial charge in [0.1, 0.15) is 5.75 Å². The van der Waals surface area contributed by atoms with Crippen molar-refractivity contribution in [2.24, 2.45) is 0 Å². The number of hydrogen-bond acceptors (Lipinski definition) is 7. The van der Waals surface area contributed by atoms with Crippen LogP contribution in [0.4, 0.5) is 0 Å². The smallest absolute Gasteiger partial charge is 0.264 e. The maximum absolute atomic E-state index is 13.4. The maximum Gasteiger partial charge on any atom is 0.264 e. The van der Waals surface area contributed by atoms with Crippen molar-refractivity contribution < 1.29 is 31.6 Å². The lowest BCUT2D eigenvalue weighted by atomic mass is 9.71. The summed E-state index contributed by atoms with van der Waals surface area (Å²) in [6.45, 7) is 5.06. The van der Waals surface area contributed by atoms with Crippen molar-refractivity contribution in [2.45, 2.75) is 51.0 Å². The highest BCUT2D eigenvalue weighted by Crippen LogP contribution is 2.41. The molecule has 0 spiro atoms. The topological polar surface area (TPSA) is 91.4 Å². The molecule has 0 bridgehead atoms. The Morgan fingerprint density at radius 3 is 2.50 bits per heavy atom. The van der Waals surface area contributed by atoms with Crippen LogP contribution >= 0.6 is 0 Å². The van der Waals surface area contributed by atoms with Gasteiger partial charge in [-0.05, 0) is 68.5 Å². The van der Waals surface area contributed by atoms with Gasteiger partial charge in [0.2, 0.25) is 5.91 Å². The van der Waals surface area contributed by atoms with Crippen LogP contribution in [-0.4, -0.2) is 65.5 Å². The number of carbonyl (C=O) groups excluding carboxylic acids is 1. The second-order valence-corrected chi connectivity index (χ2v) is 11.2. The van der Waals surface area contributed by atoms with Gasteiger partial charge >= 0.3 is 0 Å². The molecule has 0 N–H and O–H groups in total. The van der Waals surface area contributed by atoms with Gasteiger partial charge in [-0.15, -0.1) is 0 Å². The van der Waals surface area contributed by atoms with Crippen molar-refractivity contribution in [1.82, 2.24) is 4.90 Å². The molecule has 0 aliphatic carbocycles. The van der Waals surface area contributed by atoms with E-state index in [-0.39, 0.29) is 25.0 Å². The van der Waals surface area contributed by atoms with Gasteiger partial charge in [0, 0.05) is 18.5 Å². The first-order valence-corrected chi connectivity index (χ1v) is 14.0. The number of benzene rings is 2. The van der Waals surface area contributed by atoms with E-state index in [4.69, 9.17) is 18.4 Å². The van der Waals surface area contributed by atoms with Crippen LogP contribution < -0.4 is 14.2 Å². The standard InChI is InChI=1S/C27H37NO7S/c1-20(2)35-23-9-6-8-21(16-23)17-26(29)28-14-7-12-27(19-28,13-15-34-36(5,30)31)22-10-11-24(32-3)25(18-22)33-4/h6,8-11,16,18,20H,7,12-15,17,19H2,1-5H3/t27-/m1/s1. The van der Waals surface area contributed by atoms with Crippen LogP contribution in [0.5, 0.6) is 17.2 Å². The summed E-state index contributed by atoms with van der Waals surface area (Å²) in [4.78, 5) is 15.3. The molecule has 1 amide bonds. The summed E-state index contributed by atoms with van der Waals surface area (Å²) in [5.74, 6) is 1.96. The van der Waals surface area contributed by atoms with E-state index in [2.05, 4.69) is 0 Å². The lowest BCUT2D eigenvalue weighted by Gasteiger charge is -2.43. The van der Waals surface area contributed by atoms with Crippen molar-refractivity contribution in [1.29, 1.82) is 0 Å². The fourth-order valence-electron chi connectivity index (χ4n) is 4.77. The van der Waals surface area contributed by atoms with Crippen LogP contribution in [0, 0.1) is 0 Å². The molecule has 0 radical (unpaired) electrons. The summed E-state index contributed by atoms with van der Waals surface area (Å²) in [7, 11) is -0.421. The third-order valence-electron chi connectivity index (χ3n) is 6.43. The highest BCUT2D eigenvalue weighted by molar-refractivity contribution is 7.85. The normalized spacial score (nSPS) is 18.2. The molecule has 1 atom stereocenters. The lowest BCUT2D eigenvalue weighted by molar-refractivity contribution is -0.132. The van der Waals surface area contributed by atoms with E-state index in [1.54, 1.807) is 14.2 Å². The van der Waals surface area contributed by atoms with E-state index < -0.39 is 15.5 Å². The Balaban J connectivity index is 1.85. The molecule has 198 valence electrons. The summed E-state index contributed by atoms with van der Waals surface area (Å²) in [6, 6.07) is 13.3. The molecule has 3 rings (SSSR count). The van der Waals surface area contributed by atoms with Crippen molar-refractivity contribution in [2.75, 3.05) is 40.2 Å². The van der Waals surface area contributed by atoms with E-state index in [9.17, 15) is 13.2 Å². The molecule has 0 aromatic heterocycles. The van der Waals surface area contributed by atoms with Gasteiger partial charge in [-0.1, -0.05) is 18.2 Å². The number of ether oxygens (including phenoxy) is 3. The minimum absolute atomic E-state index is 0.0188. The molecule has 1 fully saturated rings. The highest BCUT2D eigenvalue weighted by atomic mass is 32.2. The largest absolute Gasteiger partial charge is 0.493 e. The number of hydrogen-bond donors (Lipinski definition) is 0. The number of amides is 1. The van der Waals surface area contributed by atoms with E-state index in [1.165, 1.54) is 0 Å². The maximum atomic E-state index is 13.4. The highest BCUT2D eigenvalue weighted by Gasteiger charge is 2.39. The lowest BCUT2D eigenvalue weighted by Crippen LogP contribution is -2.49. The quantitative estimate of drug-likeness (QED) is 0.415. The molecule has 1 aliphatic heterocycles. The molecular weight excluding hydrogens is 482 g/mol. The Kier molecular flexibility index (Phi) is 9.24. The first kappa shape index (κ1) is 27.8. The predicted molar refractivity (Wildman–Crippen MR) is 138 cm³/mol. The minimum Gasteiger partial charge on any atom is -0.493 e. The summed E-state index contributed by atoms with van der Waals surface area (Å²) >= 11 is 0. The molecule has 1 aliphatic rings. The van der Waals surface area contributed by atoms with Crippen molar-refractivity contribution >= 4 is 16.0 Å². The first-order chi connectivity index (χ1) is 17.0. The minimum atomic E-state index is -3.58. The van der Waals surface area contributed by atoms with Crippen molar-refractivity contribution in [3.63, 3.8) is 0 Å². The molecule has 36 heavy (non-hydrogen) atoms. The molecule has 2 aromatic rings. The van der Waals surface area contributed by atoms with E-state index in [0.29, 0.717) is 31.0 Å². The fraction of sp³-hybridized carbons (Fsp3) is 0.519. The Bertz CT molecular complexity index is 1150. The number of carbonyl (C=O) groups is 1. The van der Waals surface area contributed by atoms with Crippen LogP contribution in [0.15, 0.2) is 42.5 Å². The van der Waals surface area contributed by atoms with Gasteiger partial charge in [0.25, 0.3) is 10.1 Å². The number of piperidine rings is 1. The molecule has 0 saturated carbocycles. The number of nitrogens with zero attached hydrogens (tertiary/aromatic N) is 1. The van der Waals surface area contributed by atoms with Crippen molar-refractivity contribution in [3.8, 4) is 17.2 Å². The number of rotatable bonds is 11. The van der Waals surface area contributed by atoms with Gasteiger partial charge in [-0.2, -0.15) is 8.42 Å². The predicted octanol–water partition coefficient (Wildman–Crippen LogP) is 3.96. The van der Waals surface area contributed by atoms with Crippen LogP contribution in [0.25, 0.3) is 0 Å². The fourth-order valence-corrected chi connectivity index (χ4v) is 5.16. The van der Waals surface area contributed by atoms with E-state index in [1.807, 2.05) is 61.2 Å². The van der Waals surface area contributed by atoms with E-state index in [0.717, 1.165) is 36.0 Å². The zero-order valence-electron chi connectivity index (χ0n) is 21.8. The Hall–Kier alpha value is -2.78. The Labute approximate surface area is 214 Å². The van der Waals surface area contributed by atoms with Crippen LogP contribution in [0.2, 0.25) is 0 Å². The second-order valence-electron chi connectivity index (χ2n) is 9.54. The zero-order chi connectivity index (χ0) is 26.3.